The fraction of sp³-hybridized carbons (Fsp3) is 1.00. The molecule has 0 aliphatic heterocycles. The van der Waals surface area contributed by atoms with E-state index >= 15 is 0 Å². The Hall–Kier alpha value is 0. The van der Waals surface area contributed by atoms with Crippen LogP contribution in [-0.4, -0.2) is 0 Å². The van der Waals surface area contributed by atoms with Crippen molar-refractivity contribution in [1.82, 2.24) is 0 Å². The molecule has 0 heterocycles. The Morgan fingerprint density at radius 2 is 1.00 bits per heavy atom. The van der Waals surface area contributed by atoms with Crippen LogP contribution in [0.25, 0.3) is 0 Å². The predicted molar refractivity (Wildman–Crippen MR) is 132 cm³/mol. The van der Waals surface area contributed by atoms with Crippen molar-refractivity contribution in [2.24, 2.45) is 122 Å². The first-order valence-corrected chi connectivity index (χ1v) is 15.5. The lowest BCUT2D eigenvalue weighted by atomic mass is 8.96. The molecule has 33 heavy (non-hydrogen) atoms. The zero-order chi connectivity index (χ0) is 22.6. The summed E-state index contributed by atoms with van der Waals surface area (Å²) in [6.07, 6.45) is 6.13. The van der Waals surface area contributed by atoms with Crippen LogP contribution in [0.5, 0.6) is 0 Å². The van der Waals surface area contributed by atoms with Crippen molar-refractivity contribution < 1.29 is 0 Å². The molecule has 0 aromatic carbocycles. The third kappa shape index (κ3) is 1.31. The van der Waals surface area contributed by atoms with Crippen molar-refractivity contribution in [3.05, 3.63) is 0 Å². The monoisotopic (exact) mass is 444 g/mol. The second-order valence-electron chi connectivity index (χ2n) is 18.2. The smallest absolute Gasteiger partial charge is 0.0193 e. The van der Waals surface area contributed by atoms with Gasteiger partial charge < -0.3 is 0 Å². The van der Waals surface area contributed by atoms with Gasteiger partial charge in [0, 0.05) is 0 Å². The van der Waals surface area contributed by atoms with Crippen LogP contribution in [0, 0.1) is 122 Å². The normalized spacial score (nSPS) is 68.7. The zero-order valence-electron chi connectivity index (χ0n) is 22.6. The van der Waals surface area contributed by atoms with Gasteiger partial charge in [0.05, 0.1) is 0 Å². The molecule has 0 nitrogen and oxygen atoms in total. The van der Waals surface area contributed by atoms with Gasteiger partial charge in [0.1, 0.15) is 0 Å². The van der Waals surface area contributed by atoms with Gasteiger partial charge in [-0.05, 0) is 141 Å². The van der Waals surface area contributed by atoms with Crippen molar-refractivity contribution in [1.29, 1.82) is 0 Å². The van der Waals surface area contributed by atoms with Crippen LogP contribution in [0.2, 0.25) is 0 Å². The fourth-order valence-electron chi connectivity index (χ4n) is 16.3. The molecule has 0 N–H and O–H groups in total. The molecule has 0 aromatic heterocycles. The summed E-state index contributed by atoms with van der Waals surface area (Å²) >= 11 is 0. The molecule has 0 aromatic rings. The van der Waals surface area contributed by atoms with E-state index in [-0.39, 0.29) is 0 Å². The van der Waals surface area contributed by atoms with E-state index in [1.165, 1.54) is 95.7 Å². The molecule has 12 saturated carbocycles. The molecular formula is C33H48. The topological polar surface area (TPSA) is 0 Å². The number of hydrogen-bond donors (Lipinski definition) is 0. The van der Waals surface area contributed by atoms with Crippen molar-refractivity contribution in [3.63, 3.8) is 0 Å². The molecule has 0 heteroatoms. The van der Waals surface area contributed by atoms with Crippen LogP contribution in [-0.2, 0) is 0 Å². The molecule has 12 aliphatic carbocycles. The van der Waals surface area contributed by atoms with Gasteiger partial charge in [-0.3, -0.25) is 0 Å². The van der Waals surface area contributed by atoms with Gasteiger partial charge >= 0.3 is 0 Å². The Morgan fingerprint density at radius 1 is 0.606 bits per heavy atom. The molecule has 12 fully saturated rings. The molecule has 0 spiro atoms. The van der Waals surface area contributed by atoms with E-state index in [1.54, 1.807) is 12.8 Å². The summed E-state index contributed by atoms with van der Waals surface area (Å²) in [6, 6.07) is 0. The predicted octanol–water partition coefficient (Wildman–Crippen LogP) is 7.63. The maximum absolute atomic E-state index is 2.77. The highest BCUT2D eigenvalue weighted by molar-refractivity contribution is 5.51. The van der Waals surface area contributed by atoms with Crippen molar-refractivity contribution in [3.8, 4) is 0 Å². The molecule has 3 unspecified atom stereocenters. The Balaban J connectivity index is 0.974. The second-order valence-corrected chi connectivity index (χ2v) is 18.2. The van der Waals surface area contributed by atoms with Crippen LogP contribution >= 0.6 is 0 Å². The molecule has 3 atom stereocenters. The summed E-state index contributed by atoms with van der Waals surface area (Å²) in [4.78, 5) is 0. The minimum Gasteiger partial charge on any atom is -0.0649 e. The average molecular weight is 445 g/mol. The number of rotatable bonds is 9. The lowest BCUT2D eigenvalue weighted by Crippen LogP contribution is -3.05. The van der Waals surface area contributed by atoms with E-state index in [0.29, 0.717) is 16.2 Å². The lowest BCUT2D eigenvalue weighted by Gasteiger charge is -3.08. The van der Waals surface area contributed by atoms with Gasteiger partial charge in [-0.15, -0.1) is 0 Å². The van der Waals surface area contributed by atoms with Gasteiger partial charge in [0.15, 0.2) is 0 Å². The largest absolute Gasteiger partial charge is 0.0649 e. The first-order valence-electron chi connectivity index (χ1n) is 15.5. The van der Waals surface area contributed by atoms with E-state index < -0.39 is 0 Å². The van der Waals surface area contributed by atoms with E-state index in [2.05, 4.69) is 55.4 Å². The SMILES string of the molecule is CCC(C)(C)C(C)(CC(CC12C3C4C5C3C1C5C42)C(C)CC12C3C4C5C3C1C5C42)C(C)(C)C. The first-order chi connectivity index (χ1) is 15.5. The second kappa shape index (κ2) is 4.57. The molecule has 0 bridgehead atoms. The Bertz CT molecular complexity index is 920. The molecule has 0 radical (unpaired) electrons. The van der Waals surface area contributed by atoms with Gasteiger partial charge in [0.2, 0.25) is 0 Å². The van der Waals surface area contributed by atoms with Crippen molar-refractivity contribution in [2.75, 3.05) is 0 Å². The van der Waals surface area contributed by atoms with Gasteiger partial charge in [0.25, 0.3) is 0 Å². The van der Waals surface area contributed by atoms with Crippen LogP contribution in [0.4, 0.5) is 0 Å². The summed E-state index contributed by atoms with van der Waals surface area (Å²) in [5.41, 5.74) is 3.01. The Labute approximate surface area is 202 Å². The molecule has 0 saturated heterocycles. The zero-order valence-corrected chi connectivity index (χ0v) is 22.6. The van der Waals surface area contributed by atoms with E-state index in [1.807, 2.05) is 0 Å². The summed E-state index contributed by atoms with van der Waals surface area (Å²) in [5.74, 6) is 19.5. The minimum atomic E-state index is 0.373. The quantitative estimate of drug-likeness (QED) is 0.343. The molecule has 12 aliphatic rings. The highest BCUT2D eigenvalue weighted by atomic mass is 15.1. The van der Waals surface area contributed by atoms with Crippen LogP contribution in [0.3, 0.4) is 0 Å². The van der Waals surface area contributed by atoms with Crippen LogP contribution < -0.4 is 0 Å². The Kier molecular flexibility index (Phi) is 2.65. The van der Waals surface area contributed by atoms with E-state index in [4.69, 9.17) is 0 Å². The maximum atomic E-state index is 2.77. The van der Waals surface area contributed by atoms with E-state index in [0.717, 1.165) is 22.7 Å². The van der Waals surface area contributed by atoms with Crippen LogP contribution in [0.1, 0.15) is 81.1 Å². The van der Waals surface area contributed by atoms with Gasteiger partial charge in [-0.1, -0.05) is 61.8 Å². The lowest BCUT2D eigenvalue weighted by molar-refractivity contribution is -0.621. The first kappa shape index (κ1) is 19.2. The minimum absolute atomic E-state index is 0.373. The fourth-order valence-corrected chi connectivity index (χ4v) is 16.3. The highest BCUT2D eigenvalue weighted by Gasteiger charge is 3.04. The van der Waals surface area contributed by atoms with Gasteiger partial charge in [-0.2, -0.15) is 0 Å². The Morgan fingerprint density at radius 3 is 1.36 bits per heavy atom. The molecule has 0 amide bonds. The third-order valence-corrected chi connectivity index (χ3v) is 18.2. The number of hydrogen-bond acceptors (Lipinski definition) is 0. The maximum Gasteiger partial charge on any atom is -0.0193 e. The highest BCUT2D eigenvalue weighted by Crippen LogP contribution is 3.08. The van der Waals surface area contributed by atoms with Crippen molar-refractivity contribution >= 4 is 0 Å². The molecular weight excluding hydrogens is 396 g/mol. The summed E-state index contributed by atoms with van der Waals surface area (Å²) in [5, 5.41) is 0. The standard InChI is InChI=1S/C33H48/c1-9-30(6,7)31(8,29(3,4)5)11-14(12-33-26-20-16-21(26)28(33)22(16)27(20)33)13(2)10-32-23-17-15-18(23)25(32)19(15)24(17)32/h13-28H,9-12H2,1-8H3. The van der Waals surface area contributed by atoms with Crippen LogP contribution in [0.15, 0.2) is 0 Å². The summed E-state index contributed by atoms with van der Waals surface area (Å²) in [6.45, 7) is 20.9. The third-order valence-electron chi connectivity index (χ3n) is 18.2. The van der Waals surface area contributed by atoms with E-state index in [9.17, 15) is 0 Å². The molecule has 180 valence electrons. The van der Waals surface area contributed by atoms with Gasteiger partial charge in [-0.25, -0.2) is 0 Å². The average Bonchev–Trinajstić information content (AvgIpc) is 2.78. The molecule has 12 rings (SSSR count). The van der Waals surface area contributed by atoms with Crippen molar-refractivity contribution in [2.45, 2.75) is 81.1 Å². The summed E-state index contributed by atoms with van der Waals surface area (Å²) < 4.78 is 0. The summed E-state index contributed by atoms with van der Waals surface area (Å²) in [7, 11) is 0.